The zero-order valence-corrected chi connectivity index (χ0v) is 7.60. The third-order valence-electron chi connectivity index (χ3n) is 1.50. The third kappa shape index (κ3) is 1.54. The third-order valence-corrected chi connectivity index (χ3v) is 2.09. The largest absolute Gasteiger partial charge is 0.204 e. The number of hydrogen-bond donors (Lipinski definition) is 0. The second-order valence-corrected chi connectivity index (χ2v) is 3.49. The van der Waals surface area contributed by atoms with E-state index in [-0.39, 0.29) is 16.0 Å². The normalized spacial score (nSPS) is 22.7. The number of alkyl halides is 1. The number of allylic oxidation sites excluding steroid dienone is 4. The van der Waals surface area contributed by atoms with E-state index >= 15 is 0 Å². The summed E-state index contributed by atoms with van der Waals surface area (Å²) in [6.45, 7) is 0. The molecule has 0 amide bonds. The molecule has 1 atom stereocenters. The topological polar surface area (TPSA) is 47.6 Å². The Labute approximate surface area is 77.7 Å². The van der Waals surface area contributed by atoms with E-state index in [1.165, 1.54) is 6.08 Å². The van der Waals surface area contributed by atoms with Gasteiger partial charge < -0.3 is 0 Å². The van der Waals surface area contributed by atoms with Gasteiger partial charge in [0.1, 0.15) is 6.07 Å². The van der Waals surface area contributed by atoms with E-state index in [1.54, 1.807) is 12.1 Å². The lowest BCUT2D eigenvalue weighted by molar-refractivity contribution is 0.635. The first-order valence-corrected chi connectivity index (χ1v) is 4.15. The molecule has 2 nitrogen and oxygen atoms in total. The Morgan fingerprint density at radius 1 is 1.50 bits per heavy atom. The van der Waals surface area contributed by atoms with E-state index in [4.69, 9.17) is 10.5 Å². The molecule has 0 heterocycles. The van der Waals surface area contributed by atoms with Crippen LogP contribution in [-0.2, 0) is 0 Å². The van der Waals surface area contributed by atoms with E-state index in [0.29, 0.717) is 6.42 Å². The van der Waals surface area contributed by atoms with Gasteiger partial charge in [0.05, 0.1) is 17.2 Å². The highest BCUT2D eigenvalue weighted by Gasteiger charge is 2.20. The Kier molecular flexibility index (Phi) is 2.62. The molecule has 0 bridgehead atoms. The predicted molar refractivity (Wildman–Crippen MR) is 44.8 cm³/mol. The molecule has 0 saturated carbocycles. The predicted octanol–water partition coefficient (Wildman–Crippen LogP) is 2.35. The van der Waals surface area contributed by atoms with Gasteiger partial charge in [-0.15, -0.1) is 0 Å². The van der Waals surface area contributed by atoms with Crippen LogP contribution in [0.1, 0.15) is 6.42 Å². The molecule has 0 spiro atoms. The van der Waals surface area contributed by atoms with Crippen LogP contribution in [0.5, 0.6) is 0 Å². The van der Waals surface area contributed by atoms with Gasteiger partial charge in [-0.1, -0.05) is 15.9 Å². The second-order valence-electron chi connectivity index (χ2n) is 2.32. The lowest BCUT2D eigenvalue weighted by Crippen LogP contribution is -2.05. The van der Waals surface area contributed by atoms with E-state index in [1.807, 2.05) is 0 Å². The van der Waals surface area contributed by atoms with E-state index in [9.17, 15) is 4.39 Å². The molecule has 0 N–H and O–H groups in total. The molecule has 4 heteroatoms. The van der Waals surface area contributed by atoms with Gasteiger partial charge in [-0.3, -0.25) is 0 Å². The van der Waals surface area contributed by atoms with Crippen molar-refractivity contribution in [1.82, 2.24) is 0 Å². The summed E-state index contributed by atoms with van der Waals surface area (Å²) in [6, 6.07) is 3.43. The van der Waals surface area contributed by atoms with Crippen LogP contribution in [0.4, 0.5) is 4.39 Å². The lowest BCUT2D eigenvalue weighted by Gasteiger charge is -2.10. The maximum Gasteiger partial charge on any atom is 0.154 e. The molecule has 0 aliphatic heterocycles. The van der Waals surface area contributed by atoms with Crippen LogP contribution in [0.2, 0.25) is 0 Å². The molecule has 1 rings (SSSR count). The van der Waals surface area contributed by atoms with Gasteiger partial charge in [0.2, 0.25) is 0 Å². The van der Waals surface area contributed by atoms with Crippen molar-refractivity contribution in [1.29, 1.82) is 10.5 Å². The summed E-state index contributed by atoms with van der Waals surface area (Å²) in [4.78, 5) is -0.110. The fraction of sp³-hybridized carbons (Fsp3) is 0.250. The average Bonchev–Trinajstić information content (AvgIpc) is 2.08. The minimum absolute atomic E-state index is 0.0379. The van der Waals surface area contributed by atoms with Crippen molar-refractivity contribution in [2.75, 3.05) is 0 Å². The number of nitrogens with zero attached hydrogens (tertiary/aromatic N) is 2. The Balaban J connectivity index is 3.12. The molecule has 0 aromatic carbocycles. The van der Waals surface area contributed by atoms with E-state index in [0.717, 1.165) is 0 Å². The Morgan fingerprint density at radius 2 is 2.17 bits per heavy atom. The van der Waals surface area contributed by atoms with Gasteiger partial charge in [-0.2, -0.15) is 10.5 Å². The number of rotatable bonds is 0. The number of nitriles is 2. The summed E-state index contributed by atoms with van der Waals surface area (Å²) >= 11 is 3.20. The average molecular weight is 227 g/mol. The Morgan fingerprint density at radius 3 is 2.67 bits per heavy atom. The summed E-state index contributed by atoms with van der Waals surface area (Å²) in [6.07, 6.45) is 1.78. The van der Waals surface area contributed by atoms with Crippen molar-refractivity contribution >= 4 is 15.9 Å². The monoisotopic (exact) mass is 226 g/mol. The van der Waals surface area contributed by atoms with E-state index in [2.05, 4.69) is 15.9 Å². The molecule has 1 unspecified atom stereocenters. The first kappa shape index (κ1) is 8.96. The first-order valence-electron chi connectivity index (χ1n) is 3.24. The van der Waals surface area contributed by atoms with Crippen LogP contribution in [0.15, 0.2) is 23.0 Å². The molecule has 0 saturated heterocycles. The Hall–Kier alpha value is -1.13. The second kappa shape index (κ2) is 3.51. The lowest BCUT2D eigenvalue weighted by atomic mass is 10.00. The highest BCUT2D eigenvalue weighted by atomic mass is 79.9. The van der Waals surface area contributed by atoms with Gasteiger partial charge in [0.15, 0.2) is 5.83 Å². The number of hydrogen-bond acceptors (Lipinski definition) is 2. The van der Waals surface area contributed by atoms with E-state index < -0.39 is 5.83 Å². The van der Waals surface area contributed by atoms with Crippen LogP contribution >= 0.6 is 15.9 Å². The molecule has 0 fully saturated rings. The zero-order chi connectivity index (χ0) is 9.14. The van der Waals surface area contributed by atoms with Gasteiger partial charge in [0, 0.05) is 11.2 Å². The molecule has 0 aromatic heterocycles. The van der Waals surface area contributed by atoms with Crippen molar-refractivity contribution in [2.24, 2.45) is 0 Å². The smallest absolute Gasteiger partial charge is 0.154 e. The molecule has 0 radical (unpaired) electrons. The maximum atomic E-state index is 13.0. The van der Waals surface area contributed by atoms with Gasteiger partial charge in [-0.05, 0) is 6.08 Å². The fourth-order valence-corrected chi connectivity index (χ4v) is 1.53. The molecular weight excluding hydrogens is 223 g/mol. The summed E-state index contributed by atoms with van der Waals surface area (Å²) in [5, 5.41) is 17.0. The molecule has 1 aliphatic rings. The minimum Gasteiger partial charge on any atom is -0.204 e. The van der Waals surface area contributed by atoms with Crippen LogP contribution in [0.25, 0.3) is 0 Å². The standard InChI is InChI=1S/C8H4BrFN2/c9-7-1-5(3-11)8(10)6(2-7)4-12/h1,7H,2H2. The minimum atomic E-state index is -0.685. The highest BCUT2D eigenvalue weighted by molar-refractivity contribution is 9.09. The van der Waals surface area contributed by atoms with Crippen LogP contribution in [-0.4, -0.2) is 4.83 Å². The number of halogens is 2. The molecular formula is C8H4BrFN2. The van der Waals surface area contributed by atoms with Crippen LogP contribution in [0.3, 0.4) is 0 Å². The van der Waals surface area contributed by atoms with Gasteiger partial charge in [-0.25, -0.2) is 4.39 Å². The van der Waals surface area contributed by atoms with Crippen molar-refractivity contribution in [3.8, 4) is 12.1 Å². The summed E-state index contributed by atoms with van der Waals surface area (Å²) < 4.78 is 13.0. The van der Waals surface area contributed by atoms with Crippen LogP contribution in [0, 0.1) is 22.7 Å². The maximum absolute atomic E-state index is 13.0. The molecule has 0 aromatic rings. The van der Waals surface area contributed by atoms with Gasteiger partial charge in [0.25, 0.3) is 0 Å². The quantitative estimate of drug-likeness (QED) is 0.596. The summed E-state index contributed by atoms with van der Waals surface area (Å²) in [5.41, 5.74) is -0.0180. The summed E-state index contributed by atoms with van der Waals surface area (Å²) in [5.74, 6) is -0.685. The van der Waals surface area contributed by atoms with Crippen molar-refractivity contribution in [3.05, 3.63) is 23.0 Å². The van der Waals surface area contributed by atoms with Crippen molar-refractivity contribution in [2.45, 2.75) is 11.2 Å². The SMILES string of the molecule is N#CC1=CC(Br)CC(C#N)=C1F. The molecule has 60 valence electrons. The fourth-order valence-electron chi connectivity index (χ4n) is 0.941. The molecule has 12 heavy (non-hydrogen) atoms. The van der Waals surface area contributed by atoms with Gasteiger partial charge >= 0.3 is 0 Å². The first-order chi connectivity index (χ1) is 5.69. The van der Waals surface area contributed by atoms with Crippen molar-refractivity contribution < 1.29 is 4.39 Å². The zero-order valence-electron chi connectivity index (χ0n) is 6.01. The summed E-state index contributed by atoms with van der Waals surface area (Å²) in [7, 11) is 0. The highest BCUT2D eigenvalue weighted by Crippen LogP contribution is 2.28. The Bertz CT molecular complexity index is 343. The molecule has 1 aliphatic carbocycles. The van der Waals surface area contributed by atoms with Crippen LogP contribution < -0.4 is 0 Å². The van der Waals surface area contributed by atoms with Crippen molar-refractivity contribution in [3.63, 3.8) is 0 Å².